The Morgan fingerprint density at radius 1 is 1.32 bits per heavy atom. The number of aliphatic hydroxyl groups is 1. The summed E-state index contributed by atoms with van der Waals surface area (Å²) in [4.78, 5) is 13.5. The molecule has 0 spiro atoms. The van der Waals surface area contributed by atoms with Crippen LogP contribution in [0.2, 0.25) is 0 Å². The van der Waals surface area contributed by atoms with E-state index in [1.54, 1.807) is 13.8 Å². The quantitative estimate of drug-likeness (QED) is 0.457. The van der Waals surface area contributed by atoms with Gasteiger partial charge in [-0.15, -0.1) is 0 Å². The molecule has 0 bridgehead atoms. The summed E-state index contributed by atoms with van der Waals surface area (Å²) in [6.45, 7) is 3.62. The summed E-state index contributed by atoms with van der Waals surface area (Å²) in [6, 6.07) is 2.16. The maximum absolute atomic E-state index is 13.8. The highest BCUT2D eigenvalue weighted by molar-refractivity contribution is 6.03. The molecule has 0 atom stereocenters. The molecule has 170 valence electrons. The van der Waals surface area contributed by atoms with Gasteiger partial charge in [0, 0.05) is 13.2 Å². The normalized spacial score (nSPS) is 12.4. The third-order valence-corrected chi connectivity index (χ3v) is 4.37. The van der Waals surface area contributed by atoms with E-state index in [-0.39, 0.29) is 29.5 Å². The molecule has 1 aromatic carbocycles. The lowest BCUT2D eigenvalue weighted by molar-refractivity contribution is -0.139. The fourth-order valence-corrected chi connectivity index (χ4v) is 2.70. The van der Waals surface area contributed by atoms with Crippen LogP contribution >= 0.6 is 0 Å². The number of amides is 1. The number of anilines is 2. The minimum absolute atomic E-state index is 0.0422. The highest BCUT2D eigenvalue weighted by Gasteiger charge is 2.36. The number of alkyl halides is 3. The molecule has 12 heteroatoms. The molecule has 1 aromatic heterocycles. The molecule has 0 saturated heterocycles. The minimum atomic E-state index is -4.97. The number of rotatable bonds is 8. The van der Waals surface area contributed by atoms with E-state index in [9.17, 15) is 22.4 Å². The van der Waals surface area contributed by atoms with Gasteiger partial charge in [0.05, 0.1) is 24.1 Å². The molecule has 0 aliphatic carbocycles. The molecule has 31 heavy (non-hydrogen) atoms. The number of aromatic nitrogens is 2. The number of nitrogens with one attached hydrogen (secondary N) is 1. The molecule has 0 radical (unpaired) electrons. The Balaban J connectivity index is 2.68. The summed E-state index contributed by atoms with van der Waals surface area (Å²) in [7, 11) is 1.06. The topological polar surface area (TPSA) is 101 Å². The first-order valence-electron chi connectivity index (χ1n) is 9.27. The van der Waals surface area contributed by atoms with E-state index in [1.807, 2.05) is 0 Å². The van der Waals surface area contributed by atoms with E-state index in [4.69, 9.17) is 14.5 Å². The van der Waals surface area contributed by atoms with Crippen molar-refractivity contribution in [3.8, 4) is 0 Å². The van der Waals surface area contributed by atoms with Crippen molar-refractivity contribution in [2.75, 3.05) is 30.5 Å². The monoisotopic (exact) mass is 446 g/mol. The van der Waals surface area contributed by atoms with Crippen molar-refractivity contribution in [2.24, 2.45) is 0 Å². The fourth-order valence-electron chi connectivity index (χ4n) is 2.70. The average Bonchev–Trinajstić information content (AvgIpc) is 3.18. The Labute approximate surface area is 175 Å². The molecule has 0 fully saturated rings. The SMILES string of the molecule is CC/C(C)=C(\c1nonc1NCCCO)N(C(=O)OC)c1ccc(F)c(C(F)(F)F)c1. The lowest BCUT2D eigenvalue weighted by atomic mass is 10.1. The maximum atomic E-state index is 13.8. The van der Waals surface area contributed by atoms with E-state index in [0.29, 0.717) is 37.1 Å². The van der Waals surface area contributed by atoms with Crippen LogP contribution in [0.15, 0.2) is 28.4 Å². The first kappa shape index (κ1) is 24.1. The summed E-state index contributed by atoms with van der Waals surface area (Å²) in [5.74, 6) is -1.36. The summed E-state index contributed by atoms with van der Waals surface area (Å²) in [6.07, 6.45) is -5.23. The van der Waals surface area contributed by atoms with Crippen LogP contribution in [0.25, 0.3) is 5.70 Å². The van der Waals surface area contributed by atoms with Gasteiger partial charge in [-0.25, -0.2) is 18.7 Å². The van der Waals surface area contributed by atoms with E-state index >= 15 is 0 Å². The third kappa shape index (κ3) is 5.51. The lowest BCUT2D eigenvalue weighted by Crippen LogP contribution is -2.31. The van der Waals surface area contributed by atoms with Crippen molar-refractivity contribution in [3.05, 3.63) is 40.8 Å². The fraction of sp³-hybridized carbons (Fsp3) is 0.421. The number of nitrogens with zero attached hydrogens (tertiary/aromatic N) is 3. The molecule has 0 saturated carbocycles. The van der Waals surface area contributed by atoms with Crippen LogP contribution in [0.4, 0.5) is 33.9 Å². The average molecular weight is 446 g/mol. The molecule has 0 aliphatic rings. The Bertz CT molecular complexity index is 943. The van der Waals surface area contributed by atoms with Crippen molar-refractivity contribution in [3.63, 3.8) is 0 Å². The van der Waals surface area contributed by atoms with Crippen LogP contribution in [-0.4, -0.2) is 41.8 Å². The predicted molar refractivity (Wildman–Crippen MR) is 104 cm³/mol. The second kappa shape index (κ2) is 10.2. The summed E-state index contributed by atoms with van der Waals surface area (Å²) in [5, 5.41) is 19.4. The second-order valence-corrected chi connectivity index (χ2v) is 6.42. The number of hydrogen-bond donors (Lipinski definition) is 2. The van der Waals surface area contributed by atoms with Crippen LogP contribution in [-0.2, 0) is 10.9 Å². The number of hydrogen-bond acceptors (Lipinski definition) is 7. The molecule has 0 aliphatic heterocycles. The van der Waals surface area contributed by atoms with Gasteiger partial charge in [0.25, 0.3) is 0 Å². The van der Waals surface area contributed by atoms with Crippen LogP contribution in [0.3, 0.4) is 0 Å². The zero-order valence-corrected chi connectivity index (χ0v) is 17.1. The lowest BCUT2D eigenvalue weighted by Gasteiger charge is -2.26. The zero-order chi connectivity index (χ0) is 23.2. The molecule has 2 N–H and O–H groups in total. The van der Waals surface area contributed by atoms with Crippen molar-refractivity contribution in [2.45, 2.75) is 32.9 Å². The third-order valence-electron chi connectivity index (χ3n) is 4.37. The van der Waals surface area contributed by atoms with Crippen molar-refractivity contribution in [1.82, 2.24) is 10.3 Å². The number of ether oxygens (including phenoxy) is 1. The standard InChI is InChI=1S/C19H22F4N4O4/c1-4-11(2)16(15-17(26-31-25-15)24-8-5-9-28)27(18(29)30-3)12-6-7-14(20)13(10-12)19(21,22)23/h6-7,10,28H,4-5,8-9H2,1-3H3,(H,24,26)/b16-11+. The number of carbonyl (C=O) groups excluding carboxylic acids is 1. The minimum Gasteiger partial charge on any atom is -0.452 e. The van der Waals surface area contributed by atoms with Gasteiger partial charge in [-0.1, -0.05) is 6.92 Å². The molecule has 2 aromatic rings. The molecule has 0 unspecified atom stereocenters. The second-order valence-electron chi connectivity index (χ2n) is 6.42. The van der Waals surface area contributed by atoms with Crippen LogP contribution < -0.4 is 10.2 Å². The Morgan fingerprint density at radius 3 is 2.61 bits per heavy atom. The van der Waals surface area contributed by atoms with Crippen LogP contribution in [0, 0.1) is 5.82 Å². The first-order valence-corrected chi connectivity index (χ1v) is 9.27. The van der Waals surface area contributed by atoms with Crippen molar-refractivity contribution in [1.29, 1.82) is 0 Å². The molecule has 1 heterocycles. The Kier molecular flexibility index (Phi) is 7.97. The molecule has 2 rings (SSSR count). The van der Waals surface area contributed by atoms with Gasteiger partial charge in [-0.3, -0.25) is 0 Å². The van der Waals surface area contributed by atoms with E-state index < -0.39 is 23.7 Å². The van der Waals surface area contributed by atoms with Gasteiger partial charge >= 0.3 is 12.3 Å². The van der Waals surface area contributed by atoms with E-state index in [2.05, 4.69) is 15.6 Å². The largest absolute Gasteiger partial charge is 0.452 e. The number of carbonyl (C=O) groups is 1. The van der Waals surface area contributed by atoms with Crippen molar-refractivity contribution < 1.29 is 36.8 Å². The Morgan fingerprint density at radius 2 is 2.03 bits per heavy atom. The maximum Gasteiger partial charge on any atom is 0.419 e. The molecular formula is C19H22F4N4O4. The number of methoxy groups -OCH3 is 1. The van der Waals surface area contributed by atoms with Gasteiger partial charge in [0.15, 0.2) is 5.69 Å². The first-order chi connectivity index (χ1) is 14.6. The van der Waals surface area contributed by atoms with E-state index in [0.717, 1.165) is 18.1 Å². The van der Waals surface area contributed by atoms with E-state index in [1.165, 1.54) is 0 Å². The van der Waals surface area contributed by atoms with Gasteiger partial charge in [0.1, 0.15) is 5.82 Å². The van der Waals surface area contributed by atoms with Gasteiger partial charge in [-0.2, -0.15) is 13.2 Å². The van der Waals surface area contributed by atoms with Gasteiger partial charge in [-0.05, 0) is 53.9 Å². The Hall–Kier alpha value is -3.15. The highest BCUT2D eigenvalue weighted by Crippen LogP contribution is 2.38. The van der Waals surface area contributed by atoms with Crippen LogP contribution in [0.5, 0.6) is 0 Å². The molecule has 8 nitrogen and oxygen atoms in total. The van der Waals surface area contributed by atoms with Crippen LogP contribution in [0.1, 0.15) is 37.9 Å². The summed E-state index contributed by atoms with van der Waals surface area (Å²) >= 11 is 0. The smallest absolute Gasteiger partial charge is 0.419 e. The highest BCUT2D eigenvalue weighted by atomic mass is 19.4. The predicted octanol–water partition coefficient (Wildman–Crippen LogP) is 4.44. The summed E-state index contributed by atoms with van der Waals surface area (Å²) in [5.41, 5.74) is -1.16. The number of benzene rings is 1. The number of halogens is 4. The van der Waals surface area contributed by atoms with Gasteiger partial charge in [0.2, 0.25) is 5.82 Å². The van der Waals surface area contributed by atoms with Gasteiger partial charge < -0.3 is 15.2 Å². The van der Waals surface area contributed by atoms with Crippen molar-refractivity contribution >= 4 is 23.3 Å². The molecular weight excluding hydrogens is 424 g/mol. The number of allylic oxidation sites excluding steroid dienone is 1. The summed E-state index contributed by atoms with van der Waals surface area (Å²) < 4.78 is 63.1. The zero-order valence-electron chi connectivity index (χ0n) is 17.1. The number of aliphatic hydroxyl groups excluding tert-OH is 1. The molecule has 1 amide bonds.